The number of aromatic nitrogens is 4. The standard InChI is InChI=1S/C18H24N6O2S/c1-12-7-13(2)10-23(9-12)17(26)11-27-18-20-21-22-24(18)16-6-4-5-15(8-16)19-14(3)25/h4-6,8,12-13H,7,9-11H2,1-3H3,(H,19,25). The number of carbonyl (C=O) groups excluding carboxylic acids is 2. The summed E-state index contributed by atoms with van der Waals surface area (Å²) in [6.45, 7) is 7.46. The molecule has 0 saturated carbocycles. The molecule has 1 aliphatic heterocycles. The SMILES string of the molecule is CC(=O)Nc1cccc(-n2nnnc2SCC(=O)N2CC(C)CC(C)C2)c1. The monoisotopic (exact) mass is 388 g/mol. The van der Waals surface area contributed by atoms with Gasteiger partial charge in [0.25, 0.3) is 0 Å². The van der Waals surface area contributed by atoms with Crippen LogP contribution < -0.4 is 5.32 Å². The summed E-state index contributed by atoms with van der Waals surface area (Å²) in [7, 11) is 0. The molecular weight excluding hydrogens is 364 g/mol. The first-order chi connectivity index (χ1) is 12.9. The van der Waals surface area contributed by atoms with Crippen molar-refractivity contribution in [1.29, 1.82) is 0 Å². The summed E-state index contributed by atoms with van der Waals surface area (Å²) < 4.78 is 1.57. The topological polar surface area (TPSA) is 93.0 Å². The molecule has 2 heterocycles. The van der Waals surface area contributed by atoms with Gasteiger partial charge in [-0.1, -0.05) is 31.7 Å². The number of likely N-dealkylation sites (tertiary alicyclic amines) is 1. The number of nitrogens with zero attached hydrogens (tertiary/aromatic N) is 5. The van der Waals surface area contributed by atoms with Gasteiger partial charge in [0.1, 0.15) is 0 Å². The molecule has 9 heteroatoms. The number of hydrogen-bond acceptors (Lipinski definition) is 6. The van der Waals surface area contributed by atoms with E-state index in [2.05, 4.69) is 34.7 Å². The van der Waals surface area contributed by atoms with Crippen LogP contribution in [0.15, 0.2) is 29.4 Å². The van der Waals surface area contributed by atoms with E-state index in [0.29, 0.717) is 28.4 Å². The van der Waals surface area contributed by atoms with Gasteiger partial charge in [-0.3, -0.25) is 9.59 Å². The zero-order valence-corrected chi connectivity index (χ0v) is 16.6. The molecule has 27 heavy (non-hydrogen) atoms. The fourth-order valence-corrected chi connectivity index (χ4v) is 4.23. The van der Waals surface area contributed by atoms with Crippen LogP contribution in [0.1, 0.15) is 27.2 Å². The molecule has 2 amide bonds. The Morgan fingerprint density at radius 3 is 2.70 bits per heavy atom. The van der Waals surface area contributed by atoms with E-state index in [-0.39, 0.29) is 11.8 Å². The maximum atomic E-state index is 12.6. The van der Waals surface area contributed by atoms with E-state index in [1.165, 1.54) is 25.1 Å². The lowest BCUT2D eigenvalue weighted by molar-refractivity contribution is -0.131. The van der Waals surface area contributed by atoms with Crippen molar-refractivity contribution in [2.24, 2.45) is 11.8 Å². The number of tetrazole rings is 1. The van der Waals surface area contributed by atoms with Gasteiger partial charge in [0.05, 0.1) is 11.4 Å². The number of hydrogen-bond donors (Lipinski definition) is 1. The Bertz CT molecular complexity index is 814. The molecule has 0 radical (unpaired) electrons. The van der Waals surface area contributed by atoms with Gasteiger partial charge < -0.3 is 10.2 Å². The van der Waals surface area contributed by atoms with Crippen molar-refractivity contribution in [2.75, 3.05) is 24.2 Å². The summed E-state index contributed by atoms with van der Waals surface area (Å²) in [6, 6.07) is 7.25. The van der Waals surface area contributed by atoms with Gasteiger partial charge in [-0.2, -0.15) is 4.68 Å². The number of anilines is 1. The molecule has 0 aliphatic carbocycles. The van der Waals surface area contributed by atoms with E-state index >= 15 is 0 Å². The Kier molecular flexibility index (Phi) is 6.10. The fourth-order valence-electron chi connectivity index (χ4n) is 3.43. The Labute approximate surface area is 162 Å². The number of carbonyl (C=O) groups is 2. The lowest BCUT2D eigenvalue weighted by Gasteiger charge is -2.34. The Hall–Kier alpha value is -2.42. The van der Waals surface area contributed by atoms with Crippen molar-refractivity contribution in [3.05, 3.63) is 24.3 Å². The molecule has 1 aromatic heterocycles. The van der Waals surface area contributed by atoms with Crippen molar-refractivity contribution >= 4 is 29.3 Å². The number of piperidine rings is 1. The smallest absolute Gasteiger partial charge is 0.233 e. The lowest BCUT2D eigenvalue weighted by Crippen LogP contribution is -2.43. The number of thioether (sulfide) groups is 1. The summed E-state index contributed by atoms with van der Waals surface area (Å²) in [4.78, 5) is 25.8. The maximum Gasteiger partial charge on any atom is 0.233 e. The first kappa shape index (κ1) is 19.3. The predicted molar refractivity (Wildman–Crippen MR) is 104 cm³/mol. The van der Waals surface area contributed by atoms with Crippen molar-refractivity contribution in [3.8, 4) is 5.69 Å². The van der Waals surface area contributed by atoms with E-state index in [1.54, 1.807) is 16.8 Å². The summed E-state index contributed by atoms with van der Waals surface area (Å²) in [6.07, 6.45) is 1.17. The second kappa shape index (κ2) is 8.51. The normalized spacial score (nSPS) is 19.7. The molecule has 3 rings (SSSR count). The van der Waals surface area contributed by atoms with E-state index in [0.717, 1.165) is 18.8 Å². The molecule has 2 aromatic rings. The van der Waals surface area contributed by atoms with Crippen molar-refractivity contribution in [2.45, 2.75) is 32.3 Å². The average molecular weight is 388 g/mol. The second-order valence-corrected chi connectivity index (χ2v) is 8.08. The van der Waals surface area contributed by atoms with E-state index in [1.807, 2.05) is 17.0 Å². The lowest BCUT2D eigenvalue weighted by atomic mass is 9.92. The van der Waals surface area contributed by atoms with Gasteiger partial charge in [0.15, 0.2) is 0 Å². The molecular formula is C18H24N6O2S. The van der Waals surface area contributed by atoms with E-state index in [9.17, 15) is 9.59 Å². The van der Waals surface area contributed by atoms with Crippen LogP contribution in [0.4, 0.5) is 5.69 Å². The minimum absolute atomic E-state index is 0.111. The van der Waals surface area contributed by atoms with Gasteiger partial charge in [-0.15, -0.1) is 5.10 Å². The molecule has 1 aliphatic rings. The average Bonchev–Trinajstić information content (AvgIpc) is 3.07. The van der Waals surface area contributed by atoms with Crippen LogP contribution in [0.5, 0.6) is 0 Å². The first-order valence-corrected chi connectivity index (χ1v) is 9.98. The molecule has 2 unspecified atom stereocenters. The fraction of sp³-hybridized carbons (Fsp3) is 0.500. The van der Waals surface area contributed by atoms with Crippen LogP contribution in [0.2, 0.25) is 0 Å². The summed E-state index contributed by atoms with van der Waals surface area (Å²) in [5.74, 6) is 1.33. The van der Waals surface area contributed by atoms with Crippen LogP contribution in [0, 0.1) is 11.8 Å². The molecule has 0 bridgehead atoms. The highest BCUT2D eigenvalue weighted by Crippen LogP contribution is 2.24. The van der Waals surface area contributed by atoms with Gasteiger partial charge in [-0.25, -0.2) is 0 Å². The molecule has 1 N–H and O–H groups in total. The first-order valence-electron chi connectivity index (χ1n) is 8.99. The van der Waals surface area contributed by atoms with Crippen LogP contribution >= 0.6 is 11.8 Å². The highest BCUT2D eigenvalue weighted by atomic mass is 32.2. The number of rotatable bonds is 5. The van der Waals surface area contributed by atoms with Gasteiger partial charge in [0.2, 0.25) is 17.0 Å². The number of nitrogens with one attached hydrogen (secondary N) is 1. The summed E-state index contributed by atoms with van der Waals surface area (Å²) >= 11 is 1.32. The molecule has 2 atom stereocenters. The third-order valence-corrected chi connectivity index (χ3v) is 5.30. The maximum absolute atomic E-state index is 12.6. The Morgan fingerprint density at radius 1 is 1.26 bits per heavy atom. The third-order valence-electron chi connectivity index (χ3n) is 4.40. The third kappa shape index (κ3) is 5.06. The van der Waals surface area contributed by atoms with Crippen molar-refractivity contribution in [3.63, 3.8) is 0 Å². The molecule has 8 nitrogen and oxygen atoms in total. The highest BCUT2D eigenvalue weighted by Gasteiger charge is 2.25. The van der Waals surface area contributed by atoms with Crippen LogP contribution in [-0.4, -0.2) is 55.8 Å². The second-order valence-electron chi connectivity index (χ2n) is 7.14. The van der Waals surface area contributed by atoms with Crippen LogP contribution in [-0.2, 0) is 9.59 Å². The van der Waals surface area contributed by atoms with Crippen molar-refractivity contribution < 1.29 is 9.59 Å². The largest absolute Gasteiger partial charge is 0.341 e. The minimum Gasteiger partial charge on any atom is -0.341 e. The molecule has 1 fully saturated rings. The predicted octanol–water partition coefficient (Wildman–Crippen LogP) is 2.22. The van der Waals surface area contributed by atoms with Gasteiger partial charge in [0, 0.05) is 25.7 Å². The van der Waals surface area contributed by atoms with Gasteiger partial charge >= 0.3 is 0 Å². The van der Waals surface area contributed by atoms with Crippen molar-refractivity contribution in [1.82, 2.24) is 25.1 Å². The Morgan fingerprint density at radius 2 is 2.00 bits per heavy atom. The van der Waals surface area contributed by atoms with E-state index < -0.39 is 0 Å². The van der Waals surface area contributed by atoms with Crippen LogP contribution in [0.3, 0.4) is 0 Å². The molecule has 1 saturated heterocycles. The van der Waals surface area contributed by atoms with Crippen LogP contribution in [0.25, 0.3) is 5.69 Å². The summed E-state index contributed by atoms with van der Waals surface area (Å²) in [5, 5.41) is 15.1. The summed E-state index contributed by atoms with van der Waals surface area (Å²) in [5.41, 5.74) is 1.39. The minimum atomic E-state index is -0.144. The molecule has 144 valence electrons. The molecule has 1 aromatic carbocycles. The number of benzene rings is 1. The number of amides is 2. The van der Waals surface area contributed by atoms with Gasteiger partial charge in [-0.05, 0) is 46.9 Å². The Balaban J connectivity index is 1.67. The zero-order valence-electron chi connectivity index (χ0n) is 15.8. The zero-order chi connectivity index (χ0) is 19.4. The molecule has 0 spiro atoms. The quantitative estimate of drug-likeness (QED) is 0.790. The van der Waals surface area contributed by atoms with E-state index in [4.69, 9.17) is 0 Å². The highest BCUT2D eigenvalue weighted by molar-refractivity contribution is 7.99.